The number of carbonyl (C=O) groups is 1. The van der Waals surface area contributed by atoms with Crippen LogP contribution in [0, 0.1) is 0 Å². The third-order valence-corrected chi connectivity index (χ3v) is 6.10. The van der Waals surface area contributed by atoms with Gasteiger partial charge in [-0.2, -0.15) is 0 Å². The third kappa shape index (κ3) is 3.04. The van der Waals surface area contributed by atoms with Gasteiger partial charge < -0.3 is 14.6 Å². The lowest BCUT2D eigenvalue weighted by Gasteiger charge is -2.08. The van der Waals surface area contributed by atoms with Gasteiger partial charge in [0.1, 0.15) is 10.6 Å². The number of nitrogens with zero attached hydrogens (tertiary/aromatic N) is 1. The van der Waals surface area contributed by atoms with Crippen molar-refractivity contribution in [2.45, 2.75) is 32.2 Å². The number of hydrogen-bond donors (Lipinski definition) is 1. The molecule has 0 radical (unpaired) electrons. The van der Waals surface area contributed by atoms with E-state index in [4.69, 9.17) is 4.74 Å². The average molecular weight is 354 g/mol. The fraction of sp³-hybridized carbons (Fsp3) is 0.350. The normalized spacial score (nSPS) is 13.2. The molecule has 0 fully saturated rings. The lowest BCUT2D eigenvalue weighted by molar-refractivity contribution is 0.0954. The van der Waals surface area contributed by atoms with Crippen LogP contribution < -0.4 is 10.1 Å². The highest BCUT2D eigenvalue weighted by Crippen LogP contribution is 2.40. The molecular weight excluding hydrogens is 332 g/mol. The molecular formula is C20H22N2O2S. The fourth-order valence-electron chi connectivity index (χ4n) is 3.61. The molecule has 1 aliphatic carbocycles. The van der Waals surface area contributed by atoms with E-state index in [2.05, 4.69) is 46.4 Å². The van der Waals surface area contributed by atoms with Crippen molar-refractivity contribution >= 4 is 28.1 Å². The van der Waals surface area contributed by atoms with Crippen molar-refractivity contribution in [1.82, 2.24) is 9.88 Å². The number of methoxy groups -OCH3 is 1. The van der Waals surface area contributed by atoms with Crippen LogP contribution >= 0.6 is 11.3 Å². The van der Waals surface area contributed by atoms with Crippen LogP contribution in [-0.2, 0) is 19.4 Å². The van der Waals surface area contributed by atoms with E-state index in [0.29, 0.717) is 6.54 Å². The molecule has 0 unspecified atom stereocenters. The smallest absolute Gasteiger partial charge is 0.265 e. The maximum Gasteiger partial charge on any atom is 0.265 e. The van der Waals surface area contributed by atoms with Crippen LogP contribution in [0.5, 0.6) is 5.75 Å². The summed E-state index contributed by atoms with van der Waals surface area (Å²) in [5.41, 5.74) is 2.49. The molecule has 1 aliphatic rings. The molecule has 4 nitrogen and oxygen atoms in total. The maximum absolute atomic E-state index is 12.5. The van der Waals surface area contributed by atoms with E-state index in [9.17, 15) is 4.79 Å². The van der Waals surface area contributed by atoms with Crippen LogP contribution in [0.2, 0.25) is 0 Å². The number of nitrogens with one attached hydrogen (secondary N) is 1. The van der Waals surface area contributed by atoms with Crippen molar-refractivity contribution < 1.29 is 9.53 Å². The van der Waals surface area contributed by atoms with E-state index >= 15 is 0 Å². The number of rotatable bonds is 6. The van der Waals surface area contributed by atoms with Gasteiger partial charge in [0.05, 0.1) is 7.11 Å². The third-order valence-electron chi connectivity index (χ3n) is 4.82. The highest BCUT2D eigenvalue weighted by Gasteiger charge is 2.26. The summed E-state index contributed by atoms with van der Waals surface area (Å²) < 4.78 is 7.75. The van der Waals surface area contributed by atoms with Gasteiger partial charge in [-0.3, -0.25) is 4.79 Å². The number of ether oxygens (including phenoxy) is 1. The quantitative estimate of drug-likeness (QED) is 0.680. The van der Waals surface area contributed by atoms with E-state index in [1.54, 1.807) is 18.4 Å². The van der Waals surface area contributed by atoms with Gasteiger partial charge >= 0.3 is 0 Å². The number of fused-ring (bicyclic) bond motifs is 2. The zero-order chi connectivity index (χ0) is 17.2. The minimum atomic E-state index is -0.00591. The highest BCUT2D eigenvalue weighted by atomic mass is 32.1. The molecule has 0 saturated heterocycles. The molecule has 0 atom stereocenters. The number of benzene rings is 1. The lowest BCUT2D eigenvalue weighted by Crippen LogP contribution is -2.24. The Morgan fingerprint density at radius 3 is 3.04 bits per heavy atom. The zero-order valence-electron chi connectivity index (χ0n) is 14.4. The van der Waals surface area contributed by atoms with Crippen LogP contribution in [-0.4, -0.2) is 24.1 Å². The second kappa shape index (κ2) is 6.92. The molecule has 130 valence electrons. The van der Waals surface area contributed by atoms with Gasteiger partial charge in [0, 0.05) is 35.2 Å². The lowest BCUT2D eigenvalue weighted by atomic mass is 10.2. The molecule has 0 bridgehead atoms. The van der Waals surface area contributed by atoms with Gasteiger partial charge in [0.2, 0.25) is 0 Å². The van der Waals surface area contributed by atoms with Gasteiger partial charge in [0.25, 0.3) is 5.91 Å². The number of para-hydroxylation sites is 1. The summed E-state index contributed by atoms with van der Waals surface area (Å²) in [5, 5.41) is 4.31. The van der Waals surface area contributed by atoms with Gasteiger partial charge in [-0.15, -0.1) is 11.3 Å². The topological polar surface area (TPSA) is 43.3 Å². The minimum absolute atomic E-state index is 0.00591. The van der Waals surface area contributed by atoms with Gasteiger partial charge in [-0.1, -0.05) is 18.2 Å². The largest absolute Gasteiger partial charge is 0.495 e. The van der Waals surface area contributed by atoms with Gasteiger partial charge in [0.15, 0.2) is 0 Å². The molecule has 2 heterocycles. The molecule has 5 heteroatoms. The first kappa shape index (κ1) is 16.2. The molecule has 25 heavy (non-hydrogen) atoms. The van der Waals surface area contributed by atoms with Crippen molar-refractivity contribution in [3.05, 3.63) is 51.8 Å². The van der Waals surface area contributed by atoms with Crippen molar-refractivity contribution in [3.8, 4) is 5.75 Å². The van der Waals surface area contributed by atoms with E-state index in [1.165, 1.54) is 27.8 Å². The van der Waals surface area contributed by atoms with Crippen LogP contribution in [0.3, 0.4) is 0 Å². The number of thiophene rings is 1. The van der Waals surface area contributed by atoms with Crippen LogP contribution in [0.1, 0.15) is 33.0 Å². The Morgan fingerprint density at radius 2 is 2.16 bits per heavy atom. The van der Waals surface area contributed by atoms with E-state index in [-0.39, 0.29) is 5.91 Å². The number of aryl methyl sites for hydroxylation is 2. The Hall–Kier alpha value is -2.27. The molecule has 1 N–H and O–H groups in total. The number of carbonyl (C=O) groups excluding carboxylic acids is 1. The maximum atomic E-state index is 12.5. The van der Waals surface area contributed by atoms with Crippen molar-refractivity contribution in [2.75, 3.05) is 13.7 Å². The Morgan fingerprint density at radius 1 is 1.28 bits per heavy atom. The van der Waals surface area contributed by atoms with Crippen LogP contribution in [0.25, 0.3) is 10.9 Å². The van der Waals surface area contributed by atoms with E-state index in [0.717, 1.165) is 36.4 Å². The second-order valence-corrected chi connectivity index (χ2v) is 7.50. The summed E-state index contributed by atoms with van der Waals surface area (Å²) in [5.74, 6) is 0.792. The molecule has 1 aromatic carbocycles. The summed E-state index contributed by atoms with van der Waals surface area (Å²) in [7, 11) is 1.66. The summed E-state index contributed by atoms with van der Waals surface area (Å²) in [4.78, 5) is 14.6. The standard InChI is InChI=1S/C20H22N2O2S/c1-24-18-15-7-4-9-17(15)25-19(18)20(23)21-11-5-12-22-13-10-14-6-2-3-8-16(14)22/h2-3,6,8,10,13H,4-5,7,9,11-12H2,1H3,(H,21,23). The first-order chi connectivity index (χ1) is 12.3. The fourth-order valence-corrected chi connectivity index (χ4v) is 4.88. The number of amides is 1. The Labute approximate surface area is 151 Å². The molecule has 3 aromatic rings. The SMILES string of the molecule is COc1c(C(=O)NCCCn2ccc3ccccc32)sc2c1CCC2. The first-order valence-electron chi connectivity index (χ1n) is 8.78. The second-order valence-electron chi connectivity index (χ2n) is 6.40. The van der Waals surface area contributed by atoms with Crippen molar-refractivity contribution in [2.24, 2.45) is 0 Å². The molecule has 2 aromatic heterocycles. The van der Waals surface area contributed by atoms with E-state index in [1.807, 2.05) is 0 Å². The van der Waals surface area contributed by atoms with Crippen LogP contribution in [0.4, 0.5) is 0 Å². The minimum Gasteiger partial charge on any atom is -0.495 e. The molecule has 0 spiro atoms. The molecule has 1 amide bonds. The van der Waals surface area contributed by atoms with Crippen molar-refractivity contribution in [1.29, 1.82) is 0 Å². The predicted molar refractivity (Wildman–Crippen MR) is 102 cm³/mol. The van der Waals surface area contributed by atoms with Crippen LogP contribution in [0.15, 0.2) is 36.5 Å². The van der Waals surface area contributed by atoms with E-state index < -0.39 is 0 Å². The zero-order valence-corrected chi connectivity index (χ0v) is 15.2. The molecule has 4 rings (SSSR count). The highest BCUT2D eigenvalue weighted by molar-refractivity contribution is 7.14. The summed E-state index contributed by atoms with van der Waals surface area (Å²) in [6.45, 7) is 1.56. The Bertz CT molecular complexity index is 910. The van der Waals surface area contributed by atoms with Gasteiger partial charge in [-0.05, 0) is 43.2 Å². The number of hydrogen-bond acceptors (Lipinski definition) is 3. The average Bonchev–Trinajstić information content (AvgIpc) is 3.32. The monoisotopic (exact) mass is 354 g/mol. The summed E-state index contributed by atoms with van der Waals surface area (Å²) in [6, 6.07) is 10.5. The summed E-state index contributed by atoms with van der Waals surface area (Å²) >= 11 is 1.60. The van der Waals surface area contributed by atoms with Gasteiger partial charge in [-0.25, -0.2) is 0 Å². The first-order valence-corrected chi connectivity index (χ1v) is 9.60. The van der Waals surface area contributed by atoms with Crippen molar-refractivity contribution in [3.63, 3.8) is 0 Å². The number of aromatic nitrogens is 1. The molecule has 0 aliphatic heterocycles. The predicted octanol–water partition coefficient (Wildman–Crippen LogP) is 4.02. The summed E-state index contributed by atoms with van der Waals surface area (Å²) in [6.07, 6.45) is 6.29. The Balaban J connectivity index is 1.35. The molecule has 0 saturated carbocycles. The Kier molecular flexibility index (Phi) is 4.49.